The molecule has 20 heavy (non-hydrogen) atoms. The van der Waals surface area contributed by atoms with E-state index in [1.807, 2.05) is 37.4 Å². The van der Waals surface area contributed by atoms with Gasteiger partial charge in [-0.3, -0.25) is 0 Å². The Bertz CT molecular complexity index is 586. The van der Waals surface area contributed by atoms with E-state index in [4.69, 9.17) is 15.4 Å². The van der Waals surface area contributed by atoms with Crippen LogP contribution in [0.2, 0.25) is 0 Å². The van der Waals surface area contributed by atoms with Crippen molar-refractivity contribution >= 4 is 5.69 Å². The smallest absolute Gasteiger partial charge is 0.127 e. The second kappa shape index (κ2) is 6.27. The van der Waals surface area contributed by atoms with Crippen LogP contribution >= 0.6 is 0 Å². The molecule has 1 heterocycles. The van der Waals surface area contributed by atoms with E-state index in [1.165, 1.54) is 0 Å². The Morgan fingerprint density at radius 3 is 2.75 bits per heavy atom. The number of nitrogens with zero attached hydrogens (tertiary/aromatic N) is 2. The SMILES string of the molecule is CCC(N)C(c1ccco1)N(C)c1cccc(C#N)c1. The topological polar surface area (TPSA) is 66.2 Å². The van der Waals surface area contributed by atoms with E-state index < -0.39 is 0 Å². The van der Waals surface area contributed by atoms with E-state index in [2.05, 4.69) is 17.9 Å². The van der Waals surface area contributed by atoms with Gasteiger partial charge >= 0.3 is 0 Å². The standard InChI is InChI=1S/C16H19N3O/c1-3-14(18)16(15-8-5-9-20-15)19(2)13-7-4-6-12(10-13)11-17/h4-10,14,16H,3,18H2,1-2H3. The van der Waals surface area contributed by atoms with E-state index in [9.17, 15) is 0 Å². The molecule has 2 N–H and O–H groups in total. The summed E-state index contributed by atoms with van der Waals surface area (Å²) in [5.41, 5.74) is 7.84. The maximum Gasteiger partial charge on any atom is 0.127 e. The lowest BCUT2D eigenvalue weighted by atomic mass is 10.0. The maximum absolute atomic E-state index is 9.01. The summed E-state index contributed by atoms with van der Waals surface area (Å²) in [7, 11) is 1.97. The van der Waals surface area contributed by atoms with Gasteiger partial charge < -0.3 is 15.1 Å². The van der Waals surface area contributed by atoms with Crippen molar-refractivity contribution in [2.24, 2.45) is 5.73 Å². The molecule has 2 atom stereocenters. The minimum absolute atomic E-state index is 0.0445. The number of rotatable bonds is 5. The Hall–Kier alpha value is -2.25. The van der Waals surface area contributed by atoms with Crippen molar-refractivity contribution < 1.29 is 4.42 Å². The molecule has 0 amide bonds. The molecular weight excluding hydrogens is 250 g/mol. The molecule has 1 aromatic carbocycles. The molecule has 0 fully saturated rings. The molecule has 2 unspecified atom stereocenters. The van der Waals surface area contributed by atoms with Crippen molar-refractivity contribution in [2.75, 3.05) is 11.9 Å². The fourth-order valence-electron chi connectivity index (χ4n) is 2.33. The number of benzene rings is 1. The number of hydrogen-bond donors (Lipinski definition) is 1. The lowest BCUT2D eigenvalue weighted by molar-refractivity contribution is 0.406. The fourth-order valence-corrected chi connectivity index (χ4v) is 2.33. The first-order valence-corrected chi connectivity index (χ1v) is 6.69. The predicted octanol–water partition coefficient (Wildman–Crippen LogP) is 3.07. The van der Waals surface area contributed by atoms with Gasteiger partial charge in [0.1, 0.15) is 11.8 Å². The number of nitriles is 1. The average molecular weight is 269 g/mol. The molecule has 104 valence electrons. The minimum Gasteiger partial charge on any atom is -0.467 e. The third kappa shape index (κ3) is 2.84. The Kier molecular flexibility index (Phi) is 4.44. The van der Waals surface area contributed by atoms with Crippen LogP contribution in [0.4, 0.5) is 5.69 Å². The molecule has 0 spiro atoms. The van der Waals surface area contributed by atoms with Gasteiger partial charge in [0.2, 0.25) is 0 Å². The largest absolute Gasteiger partial charge is 0.467 e. The highest BCUT2D eigenvalue weighted by Crippen LogP contribution is 2.29. The first-order valence-electron chi connectivity index (χ1n) is 6.69. The highest BCUT2D eigenvalue weighted by atomic mass is 16.3. The molecule has 0 aliphatic heterocycles. The van der Waals surface area contributed by atoms with Gasteiger partial charge in [-0.25, -0.2) is 0 Å². The van der Waals surface area contributed by atoms with Crippen LogP contribution in [0.3, 0.4) is 0 Å². The van der Waals surface area contributed by atoms with Gasteiger partial charge in [-0.1, -0.05) is 13.0 Å². The first-order chi connectivity index (χ1) is 9.67. The molecule has 0 aliphatic carbocycles. The van der Waals surface area contributed by atoms with Gasteiger partial charge in [0, 0.05) is 18.8 Å². The second-order valence-electron chi connectivity index (χ2n) is 4.81. The lowest BCUT2D eigenvalue weighted by Crippen LogP contribution is -2.38. The van der Waals surface area contributed by atoms with Crippen LogP contribution in [0.1, 0.15) is 30.7 Å². The summed E-state index contributed by atoms with van der Waals surface area (Å²) in [6, 6.07) is 13.4. The molecule has 0 bridgehead atoms. The molecule has 0 aliphatic rings. The van der Waals surface area contributed by atoms with E-state index in [1.54, 1.807) is 12.3 Å². The highest BCUT2D eigenvalue weighted by Gasteiger charge is 2.26. The third-order valence-corrected chi connectivity index (χ3v) is 3.51. The number of likely N-dealkylation sites (N-methyl/N-ethyl adjacent to an activating group) is 1. The number of hydrogen-bond acceptors (Lipinski definition) is 4. The van der Waals surface area contributed by atoms with E-state index >= 15 is 0 Å². The summed E-state index contributed by atoms with van der Waals surface area (Å²) in [5.74, 6) is 0.837. The molecule has 0 saturated heterocycles. The van der Waals surface area contributed by atoms with Crippen molar-refractivity contribution in [1.29, 1.82) is 5.26 Å². The summed E-state index contributed by atoms with van der Waals surface area (Å²) < 4.78 is 5.53. The van der Waals surface area contributed by atoms with Crippen LogP contribution < -0.4 is 10.6 Å². The van der Waals surface area contributed by atoms with Crippen molar-refractivity contribution in [3.63, 3.8) is 0 Å². The zero-order valence-electron chi connectivity index (χ0n) is 11.8. The Morgan fingerprint density at radius 2 is 2.15 bits per heavy atom. The van der Waals surface area contributed by atoms with E-state index in [0.29, 0.717) is 5.56 Å². The maximum atomic E-state index is 9.01. The zero-order chi connectivity index (χ0) is 14.5. The molecule has 0 radical (unpaired) electrons. The zero-order valence-corrected chi connectivity index (χ0v) is 11.8. The Balaban J connectivity index is 2.36. The molecule has 1 aromatic heterocycles. The van der Waals surface area contributed by atoms with Crippen LogP contribution in [-0.4, -0.2) is 13.1 Å². The van der Waals surface area contributed by atoms with Gasteiger partial charge in [0.05, 0.1) is 17.9 Å². The van der Waals surface area contributed by atoms with Gasteiger partial charge in [0.15, 0.2) is 0 Å². The van der Waals surface area contributed by atoms with Crippen LogP contribution in [0.25, 0.3) is 0 Å². The first kappa shape index (κ1) is 14.2. The number of anilines is 1. The minimum atomic E-state index is -0.0519. The van der Waals surface area contributed by atoms with Crippen molar-refractivity contribution in [1.82, 2.24) is 0 Å². The molecule has 2 aromatic rings. The van der Waals surface area contributed by atoms with Gasteiger partial charge in [0.25, 0.3) is 0 Å². The quantitative estimate of drug-likeness (QED) is 0.906. The van der Waals surface area contributed by atoms with E-state index in [-0.39, 0.29) is 12.1 Å². The number of nitrogens with two attached hydrogens (primary N) is 1. The summed E-state index contributed by atoms with van der Waals surface area (Å²) in [6.45, 7) is 2.06. The van der Waals surface area contributed by atoms with Crippen LogP contribution in [-0.2, 0) is 0 Å². The second-order valence-corrected chi connectivity index (χ2v) is 4.81. The van der Waals surface area contributed by atoms with Crippen LogP contribution in [0.15, 0.2) is 47.1 Å². The van der Waals surface area contributed by atoms with Gasteiger partial charge in [-0.05, 0) is 36.8 Å². The summed E-state index contributed by atoms with van der Waals surface area (Å²) in [4.78, 5) is 2.06. The molecule has 2 rings (SSSR count). The molecular formula is C16H19N3O. The summed E-state index contributed by atoms with van der Waals surface area (Å²) in [5, 5.41) is 9.01. The van der Waals surface area contributed by atoms with E-state index in [0.717, 1.165) is 17.9 Å². The summed E-state index contributed by atoms with van der Waals surface area (Å²) >= 11 is 0. The Morgan fingerprint density at radius 1 is 1.35 bits per heavy atom. The fraction of sp³-hybridized carbons (Fsp3) is 0.312. The molecule has 4 heteroatoms. The van der Waals surface area contributed by atoms with Gasteiger partial charge in [-0.15, -0.1) is 0 Å². The molecule has 4 nitrogen and oxygen atoms in total. The predicted molar refractivity (Wildman–Crippen MR) is 79.3 cm³/mol. The van der Waals surface area contributed by atoms with Gasteiger partial charge in [-0.2, -0.15) is 5.26 Å². The van der Waals surface area contributed by atoms with Crippen LogP contribution in [0.5, 0.6) is 0 Å². The van der Waals surface area contributed by atoms with Crippen molar-refractivity contribution in [3.05, 3.63) is 54.0 Å². The van der Waals surface area contributed by atoms with Crippen LogP contribution in [0, 0.1) is 11.3 Å². The normalized spacial score (nSPS) is 13.5. The average Bonchev–Trinajstić information content (AvgIpc) is 3.01. The van der Waals surface area contributed by atoms with Crippen molar-refractivity contribution in [3.8, 4) is 6.07 Å². The third-order valence-electron chi connectivity index (χ3n) is 3.51. The molecule has 0 saturated carbocycles. The Labute approximate surface area is 119 Å². The highest BCUT2D eigenvalue weighted by molar-refractivity contribution is 5.52. The number of furan rings is 1. The monoisotopic (exact) mass is 269 g/mol. The van der Waals surface area contributed by atoms with Crippen molar-refractivity contribution in [2.45, 2.75) is 25.4 Å². The lowest BCUT2D eigenvalue weighted by Gasteiger charge is -2.32. The summed E-state index contributed by atoms with van der Waals surface area (Å²) in [6.07, 6.45) is 2.50.